The summed E-state index contributed by atoms with van der Waals surface area (Å²) in [6.07, 6.45) is 3.60. The van der Waals surface area contributed by atoms with Gasteiger partial charge >= 0.3 is 0 Å². The van der Waals surface area contributed by atoms with Crippen LogP contribution >= 0.6 is 0 Å². The van der Waals surface area contributed by atoms with Gasteiger partial charge in [-0.15, -0.1) is 0 Å². The molecule has 1 saturated carbocycles. The van der Waals surface area contributed by atoms with Crippen LogP contribution in [-0.4, -0.2) is 38.0 Å². The first kappa shape index (κ1) is 16.0. The highest BCUT2D eigenvalue weighted by atomic mass is 32.2. The van der Waals surface area contributed by atoms with Crippen LogP contribution in [0.25, 0.3) is 0 Å². The van der Waals surface area contributed by atoms with Gasteiger partial charge in [-0.1, -0.05) is 18.9 Å². The normalized spacial score (nSPS) is 17.5. The zero-order valence-electron chi connectivity index (χ0n) is 11.9. The Morgan fingerprint density at radius 1 is 1.33 bits per heavy atom. The molecule has 1 fully saturated rings. The van der Waals surface area contributed by atoms with Gasteiger partial charge in [0.2, 0.25) is 0 Å². The summed E-state index contributed by atoms with van der Waals surface area (Å²) in [5.41, 5.74) is -0.339. The summed E-state index contributed by atoms with van der Waals surface area (Å²) in [6.45, 7) is 0.724. The summed E-state index contributed by atoms with van der Waals surface area (Å²) < 4.78 is 24.3. The summed E-state index contributed by atoms with van der Waals surface area (Å²) >= 11 is 0. The number of aliphatic hydroxyl groups is 1. The van der Waals surface area contributed by atoms with E-state index in [-0.39, 0.29) is 10.6 Å². The van der Waals surface area contributed by atoms with E-state index in [1.54, 1.807) is 12.1 Å². The standard InChI is InChI=1S/C15H20N2O3S/c16-11-13-4-3-5-14(10-13)21(19,20)9-8-17-12-15(18)6-1-2-7-15/h3-5,10,17-18H,1-2,6-9,12H2. The summed E-state index contributed by atoms with van der Waals surface area (Å²) in [4.78, 5) is 0.169. The highest BCUT2D eigenvalue weighted by molar-refractivity contribution is 7.91. The minimum Gasteiger partial charge on any atom is -0.389 e. The molecule has 0 aliphatic heterocycles. The first-order valence-electron chi connectivity index (χ1n) is 7.11. The molecule has 0 aromatic heterocycles. The van der Waals surface area contributed by atoms with E-state index in [4.69, 9.17) is 5.26 Å². The first-order valence-corrected chi connectivity index (χ1v) is 8.76. The van der Waals surface area contributed by atoms with Crippen LogP contribution in [0, 0.1) is 11.3 Å². The molecule has 0 atom stereocenters. The molecule has 0 saturated heterocycles. The van der Waals surface area contributed by atoms with E-state index in [9.17, 15) is 13.5 Å². The summed E-state index contributed by atoms with van der Waals surface area (Å²) in [7, 11) is -3.40. The number of nitrogens with zero attached hydrogens (tertiary/aromatic N) is 1. The largest absolute Gasteiger partial charge is 0.389 e. The highest BCUT2D eigenvalue weighted by Gasteiger charge is 2.30. The second-order valence-corrected chi connectivity index (χ2v) is 7.68. The number of nitriles is 1. The van der Waals surface area contributed by atoms with Crippen molar-refractivity contribution in [2.45, 2.75) is 36.2 Å². The van der Waals surface area contributed by atoms with Gasteiger partial charge in [-0.2, -0.15) is 5.26 Å². The van der Waals surface area contributed by atoms with Crippen LogP contribution in [-0.2, 0) is 9.84 Å². The third-order valence-electron chi connectivity index (χ3n) is 3.86. The number of rotatable bonds is 6. The van der Waals surface area contributed by atoms with Crippen molar-refractivity contribution < 1.29 is 13.5 Å². The van der Waals surface area contributed by atoms with Crippen molar-refractivity contribution in [1.82, 2.24) is 5.32 Å². The summed E-state index contributed by atoms with van der Waals surface area (Å²) in [5, 5.41) is 22.0. The molecule has 0 radical (unpaired) electrons. The Kier molecular flexibility index (Phi) is 4.99. The predicted molar refractivity (Wildman–Crippen MR) is 79.5 cm³/mol. The van der Waals surface area contributed by atoms with Crippen LogP contribution in [0.1, 0.15) is 31.2 Å². The van der Waals surface area contributed by atoms with Crippen LogP contribution < -0.4 is 5.32 Å². The van der Waals surface area contributed by atoms with Gasteiger partial charge in [0, 0.05) is 13.1 Å². The zero-order chi connectivity index (χ0) is 15.3. The third kappa shape index (κ3) is 4.27. The van der Waals surface area contributed by atoms with E-state index < -0.39 is 15.4 Å². The van der Waals surface area contributed by atoms with Gasteiger partial charge < -0.3 is 10.4 Å². The maximum Gasteiger partial charge on any atom is 0.179 e. The Labute approximate surface area is 125 Å². The molecule has 2 rings (SSSR count). The Hall–Kier alpha value is -1.42. The highest BCUT2D eigenvalue weighted by Crippen LogP contribution is 2.28. The Balaban J connectivity index is 1.88. The van der Waals surface area contributed by atoms with Crippen LogP contribution in [0.4, 0.5) is 0 Å². The molecule has 1 aliphatic carbocycles. The smallest absolute Gasteiger partial charge is 0.179 e. The van der Waals surface area contributed by atoms with Gasteiger partial charge in [0.1, 0.15) is 0 Å². The molecule has 0 spiro atoms. The second-order valence-electron chi connectivity index (χ2n) is 5.57. The fourth-order valence-electron chi connectivity index (χ4n) is 2.61. The van der Waals surface area contributed by atoms with E-state index >= 15 is 0 Å². The van der Waals surface area contributed by atoms with Gasteiger partial charge in [-0.3, -0.25) is 0 Å². The lowest BCUT2D eigenvalue weighted by molar-refractivity contribution is 0.0484. The first-order chi connectivity index (χ1) is 9.95. The molecule has 6 heteroatoms. The number of benzene rings is 1. The van der Waals surface area contributed by atoms with Gasteiger partial charge in [-0.25, -0.2) is 8.42 Å². The lowest BCUT2D eigenvalue weighted by atomic mass is 10.0. The maximum absolute atomic E-state index is 12.2. The monoisotopic (exact) mass is 308 g/mol. The minimum atomic E-state index is -3.40. The summed E-state index contributed by atoms with van der Waals surface area (Å²) in [5.74, 6) is -0.0437. The van der Waals surface area contributed by atoms with Crippen molar-refractivity contribution >= 4 is 9.84 Å². The lowest BCUT2D eigenvalue weighted by Crippen LogP contribution is -2.39. The molecule has 114 valence electrons. The molecule has 0 bridgehead atoms. The van der Waals surface area contributed by atoms with Crippen molar-refractivity contribution in [1.29, 1.82) is 5.26 Å². The SMILES string of the molecule is N#Cc1cccc(S(=O)(=O)CCNCC2(O)CCCC2)c1. The fourth-order valence-corrected chi connectivity index (χ4v) is 3.86. The molecular formula is C15H20N2O3S. The molecule has 2 N–H and O–H groups in total. The van der Waals surface area contributed by atoms with Crippen LogP contribution in [0.15, 0.2) is 29.2 Å². The van der Waals surface area contributed by atoms with Crippen molar-refractivity contribution in [3.05, 3.63) is 29.8 Å². The van der Waals surface area contributed by atoms with Gasteiger partial charge in [-0.05, 0) is 31.0 Å². The minimum absolute atomic E-state index is 0.0437. The molecule has 0 unspecified atom stereocenters. The van der Waals surface area contributed by atoms with E-state index in [1.165, 1.54) is 12.1 Å². The van der Waals surface area contributed by atoms with Crippen molar-refractivity contribution in [2.75, 3.05) is 18.8 Å². The van der Waals surface area contributed by atoms with Gasteiger partial charge in [0.15, 0.2) is 9.84 Å². The number of nitrogens with one attached hydrogen (secondary N) is 1. The average molecular weight is 308 g/mol. The van der Waals surface area contributed by atoms with Gasteiger partial charge in [0.25, 0.3) is 0 Å². The third-order valence-corrected chi connectivity index (χ3v) is 5.57. The van der Waals surface area contributed by atoms with E-state index in [2.05, 4.69) is 5.32 Å². The predicted octanol–water partition coefficient (Wildman–Crippen LogP) is 1.23. The average Bonchev–Trinajstić information content (AvgIpc) is 2.91. The van der Waals surface area contributed by atoms with E-state index in [0.717, 1.165) is 25.7 Å². The number of sulfone groups is 1. The van der Waals surface area contributed by atoms with E-state index in [0.29, 0.717) is 18.7 Å². The molecule has 5 nitrogen and oxygen atoms in total. The summed E-state index contributed by atoms with van der Waals surface area (Å²) in [6, 6.07) is 7.97. The quantitative estimate of drug-likeness (QED) is 0.771. The van der Waals surface area contributed by atoms with Crippen molar-refractivity contribution in [3.8, 4) is 6.07 Å². The topological polar surface area (TPSA) is 90.2 Å². The zero-order valence-corrected chi connectivity index (χ0v) is 12.7. The number of hydrogen-bond donors (Lipinski definition) is 2. The number of hydrogen-bond acceptors (Lipinski definition) is 5. The fraction of sp³-hybridized carbons (Fsp3) is 0.533. The Morgan fingerprint density at radius 2 is 2.05 bits per heavy atom. The second kappa shape index (κ2) is 6.56. The molecule has 0 heterocycles. The van der Waals surface area contributed by atoms with Crippen molar-refractivity contribution in [3.63, 3.8) is 0 Å². The van der Waals surface area contributed by atoms with Crippen LogP contribution in [0.2, 0.25) is 0 Å². The molecule has 1 aromatic carbocycles. The van der Waals surface area contributed by atoms with Crippen molar-refractivity contribution in [2.24, 2.45) is 0 Å². The van der Waals surface area contributed by atoms with Gasteiger partial charge in [0.05, 0.1) is 27.9 Å². The van der Waals surface area contributed by atoms with Crippen LogP contribution in [0.5, 0.6) is 0 Å². The van der Waals surface area contributed by atoms with E-state index in [1.807, 2.05) is 6.07 Å². The molecule has 21 heavy (non-hydrogen) atoms. The van der Waals surface area contributed by atoms with Crippen LogP contribution in [0.3, 0.4) is 0 Å². The molecule has 1 aromatic rings. The molecular weight excluding hydrogens is 288 g/mol. The molecule has 1 aliphatic rings. The maximum atomic E-state index is 12.2. The Bertz CT molecular complexity index is 629. The molecule has 0 amide bonds. The Morgan fingerprint density at radius 3 is 2.71 bits per heavy atom. The lowest BCUT2D eigenvalue weighted by Gasteiger charge is -2.22.